The lowest BCUT2D eigenvalue weighted by Gasteiger charge is -2.74. The van der Waals surface area contributed by atoms with Crippen molar-refractivity contribution in [2.45, 2.75) is 125 Å². The number of rotatable bonds is 1. The maximum atomic E-state index is 12.3. The summed E-state index contributed by atoms with van der Waals surface area (Å²) in [7, 11) is 0. The van der Waals surface area contributed by atoms with Crippen LogP contribution in [0.15, 0.2) is 12.2 Å². The van der Waals surface area contributed by atoms with Gasteiger partial charge in [-0.25, -0.2) is 0 Å². The zero-order valence-corrected chi connectivity index (χ0v) is 21.7. The molecule has 0 aromatic rings. The molecule has 5 rings (SSSR count). The quantitative estimate of drug-likeness (QED) is 0.419. The van der Waals surface area contributed by atoms with Gasteiger partial charge < -0.3 is 5.11 Å². The highest BCUT2D eigenvalue weighted by molar-refractivity contribution is 5.23. The highest BCUT2D eigenvalue weighted by atomic mass is 16.3. The maximum absolute atomic E-state index is 12.3. The van der Waals surface area contributed by atoms with Crippen LogP contribution in [0.2, 0.25) is 0 Å². The highest BCUT2D eigenvalue weighted by Crippen LogP contribution is 2.78. The van der Waals surface area contributed by atoms with Crippen LogP contribution in [-0.2, 0) is 0 Å². The van der Waals surface area contributed by atoms with Crippen molar-refractivity contribution < 1.29 is 5.11 Å². The summed E-state index contributed by atoms with van der Waals surface area (Å²) >= 11 is 0. The average molecular weight is 427 g/mol. The molecule has 5 aliphatic carbocycles. The Morgan fingerprint density at radius 1 is 0.742 bits per heavy atom. The van der Waals surface area contributed by atoms with Gasteiger partial charge in [-0.2, -0.15) is 0 Å². The molecule has 0 heterocycles. The topological polar surface area (TPSA) is 20.2 Å². The average Bonchev–Trinajstić information content (AvgIpc) is 3.03. The summed E-state index contributed by atoms with van der Waals surface area (Å²) in [5.41, 5.74) is 2.36. The number of hydrogen-bond donors (Lipinski definition) is 1. The largest absolute Gasteiger partial charge is 0.389 e. The minimum absolute atomic E-state index is 0.0424. The molecule has 1 nitrogen and oxygen atoms in total. The summed E-state index contributed by atoms with van der Waals surface area (Å²) in [6.45, 7) is 22.0. The molecule has 0 aliphatic heterocycles. The van der Waals surface area contributed by atoms with Crippen molar-refractivity contribution in [2.75, 3.05) is 0 Å². The molecule has 0 radical (unpaired) electrons. The Bertz CT molecular complexity index is 781. The van der Waals surface area contributed by atoms with Crippen LogP contribution >= 0.6 is 0 Å². The third kappa shape index (κ3) is 2.49. The van der Waals surface area contributed by atoms with Gasteiger partial charge in [0.05, 0.1) is 5.60 Å². The first-order valence-electron chi connectivity index (χ1n) is 13.6. The van der Waals surface area contributed by atoms with E-state index < -0.39 is 5.60 Å². The predicted octanol–water partition coefficient (Wildman–Crippen LogP) is 8.17. The van der Waals surface area contributed by atoms with Gasteiger partial charge >= 0.3 is 0 Å². The Kier molecular flexibility index (Phi) is 4.66. The van der Waals surface area contributed by atoms with Crippen molar-refractivity contribution in [3.05, 3.63) is 12.2 Å². The third-order valence-corrected chi connectivity index (χ3v) is 13.5. The van der Waals surface area contributed by atoms with E-state index in [0.29, 0.717) is 22.2 Å². The zero-order chi connectivity index (χ0) is 22.7. The van der Waals surface area contributed by atoms with Gasteiger partial charge in [-0.05, 0) is 116 Å². The Morgan fingerprint density at radius 3 is 2.10 bits per heavy atom. The lowest BCUT2D eigenvalue weighted by Crippen LogP contribution is -2.71. The molecule has 0 saturated heterocycles. The van der Waals surface area contributed by atoms with Crippen LogP contribution < -0.4 is 0 Å². The van der Waals surface area contributed by atoms with Crippen molar-refractivity contribution in [1.82, 2.24) is 0 Å². The van der Waals surface area contributed by atoms with Gasteiger partial charge in [-0.1, -0.05) is 60.1 Å². The van der Waals surface area contributed by atoms with E-state index in [1.54, 1.807) is 0 Å². The van der Waals surface area contributed by atoms with Crippen LogP contribution in [-0.4, -0.2) is 10.7 Å². The molecular formula is C30H50O. The first-order valence-corrected chi connectivity index (χ1v) is 13.6. The fourth-order valence-corrected chi connectivity index (χ4v) is 11.4. The standard InChI is InChI=1S/C30H50O/c1-20(2)21-12-15-26(5)16-17-27(6)22(24(21)26)10-11-23-28(27,7)18-19-30(31)25(3,4)13-9-14-29(23,30)8/h21-24,31H,1,9-19H2,2-8H3/t21-,22+,23-,24+,26+,27+,28+,29+,30?/m0/s1. The van der Waals surface area contributed by atoms with Crippen molar-refractivity contribution >= 4 is 0 Å². The van der Waals surface area contributed by atoms with E-state index in [0.717, 1.165) is 24.2 Å². The number of aliphatic hydroxyl groups is 1. The van der Waals surface area contributed by atoms with Gasteiger partial charge in [0.25, 0.3) is 0 Å². The van der Waals surface area contributed by atoms with E-state index >= 15 is 0 Å². The van der Waals surface area contributed by atoms with Crippen LogP contribution in [0.4, 0.5) is 0 Å². The normalized spacial score (nSPS) is 57.9. The van der Waals surface area contributed by atoms with Gasteiger partial charge in [-0.15, -0.1) is 0 Å². The Hall–Kier alpha value is -0.300. The van der Waals surface area contributed by atoms with E-state index in [2.05, 4.69) is 55.0 Å². The maximum Gasteiger partial charge on any atom is 0.0754 e. The smallest absolute Gasteiger partial charge is 0.0754 e. The molecule has 1 unspecified atom stereocenters. The Balaban J connectivity index is 1.57. The van der Waals surface area contributed by atoms with Crippen molar-refractivity contribution in [1.29, 1.82) is 0 Å². The molecule has 1 heteroatoms. The molecule has 0 aromatic carbocycles. The van der Waals surface area contributed by atoms with E-state index in [-0.39, 0.29) is 10.8 Å². The first kappa shape index (κ1) is 22.5. The number of hydrogen-bond acceptors (Lipinski definition) is 1. The zero-order valence-electron chi connectivity index (χ0n) is 21.7. The Labute approximate surface area is 192 Å². The van der Waals surface area contributed by atoms with Gasteiger partial charge in [-0.3, -0.25) is 0 Å². The molecule has 9 atom stereocenters. The van der Waals surface area contributed by atoms with Gasteiger partial charge in [0.2, 0.25) is 0 Å². The summed E-state index contributed by atoms with van der Waals surface area (Å²) in [4.78, 5) is 0. The molecule has 0 aromatic heterocycles. The minimum atomic E-state index is -0.498. The molecule has 0 amide bonds. The van der Waals surface area contributed by atoms with Crippen molar-refractivity contribution in [2.24, 2.45) is 50.7 Å². The minimum Gasteiger partial charge on any atom is -0.389 e. The van der Waals surface area contributed by atoms with E-state index in [9.17, 15) is 5.11 Å². The van der Waals surface area contributed by atoms with E-state index in [1.807, 2.05) is 0 Å². The van der Waals surface area contributed by atoms with Gasteiger partial charge in [0, 0.05) is 5.41 Å². The van der Waals surface area contributed by atoms with Crippen LogP contribution in [0.25, 0.3) is 0 Å². The molecular weight excluding hydrogens is 376 g/mol. The van der Waals surface area contributed by atoms with Gasteiger partial charge in [0.1, 0.15) is 0 Å². The van der Waals surface area contributed by atoms with E-state index in [4.69, 9.17) is 0 Å². The predicted molar refractivity (Wildman–Crippen MR) is 131 cm³/mol. The lowest BCUT2D eigenvalue weighted by molar-refractivity contribution is -0.295. The number of fused-ring (bicyclic) bond motifs is 7. The number of allylic oxidation sites excluding steroid dienone is 1. The fourth-order valence-electron chi connectivity index (χ4n) is 11.4. The molecule has 5 fully saturated rings. The fraction of sp³-hybridized carbons (Fsp3) is 0.933. The van der Waals surface area contributed by atoms with Crippen molar-refractivity contribution in [3.8, 4) is 0 Å². The van der Waals surface area contributed by atoms with Crippen molar-refractivity contribution in [3.63, 3.8) is 0 Å². The molecule has 5 aliphatic rings. The highest BCUT2D eigenvalue weighted by Gasteiger charge is 2.73. The second-order valence-electron chi connectivity index (χ2n) is 14.8. The second kappa shape index (κ2) is 6.43. The SMILES string of the molecule is C=C(C)[C@@H]1CC[C@]2(C)CC[C@]3(C)[C@H](CC[C@@H]4[C@@]5(C)CCCC(C)(C)C5(O)CC[C@]43C)[C@@H]12. The summed E-state index contributed by atoms with van der Waals surface area (Å²) in [5, 5.41) is 12.3. The lowest BCUT2D eigenvalue weighted by atomic mass is 9.31. The van der Waals surface area contributed by atoms with E-state index in [1.165, 1.54) is 69.8 Å². The molecule has 1 N–H and O–H groups in total. The molecule has 31 heavy (non-hydrogen) atoms. The second-order valence-corrected chi connectivity index (χ2v) is 14.8. The molecule has 0 bridgehead atoms. The van der Waals surface area contributed by atoms with Crippen LogP contribution in [0.1, 0.15) is 119 Å². The van der Waals surface area contributed by atoms with Gasteiger partial charge in [0.15, 0.2) is 0 Å². The monoisotopic (exact) mass is 426 g/mol. The summed E-state index contributed by atoms with van der Waals surface area (Å²) < 4.78 is 0. The molecule has 176 valence electrons. The third-order valence-electron chi connectivity index (χ3n) is 13.5. The molecule has 0 spiro atoms. The summed E-state index contributed by atoms with van der Waals surface area (Å²) in [6, 6.07) is 0. The summed E-state index contributed by atoms with van der Waals surface area (Å²) in [5.74, 6) is 3.06. The van der Waals surface area contributed by atoms with Crippen LogP contribution in [0, 0.1) is 50.7 Å². The Morgan fingerprint density at radius 2 is 1.42 bits per heavy atom. The van der Waals surface area contributed by atoms with Crippen LogP contribution in [0.5, 0.6) is 0 Å². The summed E-state index contributed by atoms with van der Waals surface area (Å²) in [6.07, 6.45) is 14.2. The molecule has 5 saturated carbocycles. The van der Waals surface area contributed by atoms with Crippen LogP contribution in [0.3, 0.4) is 0 Å². The first-order chi connectivity index (χ1) is 14.3.